The number of carbonyl (C=O) groups excluding carboxylic acids is 1. The molecule has 3 aromatic rings. The first-order valence-electron chi connectivity index (χ1n) is 8.46. The van der Waals surface area contributed by atoms with Gasteiger partial charge in [-0.05, 0) is 29.0 Å². The van der Waals surface area contributed by atoms with Crippen LogP contribution >= 0.6 is 0 Å². The van der Waals surface area contributed by atoms with E-state index in [1.54, 1.807) is 6.92 Å². The molecule has 3 N–H and O–H groups in total. The number of fused-ring (bicyclic) bond motifs is 1. The Morgan fingerprint density at radius 3 is 2.70 bits per heavy atom. The van der Waals surface area contributed by atoms with Crippen LogP contribution in [0.3, 0.4) is 0 Å². The van der Waals surface area contributed by atoms with Gasteiger partial charge in [-0.2, -0.15) is 4.68 Å². The number of rotatable bonds is 5. The number of carbonyl (C=O) groups is 1. The van der Waals surface area contributed by atoms with Gasteiger partial charge in [0.2, 0.25) is 11.9 Å². The number of benzene rings is 2. The van der Waals surface area contributed by atoms with Gasteiger partial charge < -0.3 is 15.8 Å². The number of primary amides is 1. The van der Waals surface area contributed by atoms with Crippen molar-refractivity contribution in [1.29, 1.82) is 0 Å². The SMILES string of the molecule is CC1=C(C(N)=O)[C@H](c2ccccc2OCc2ccccc2)n2nnnc2N1. The van der Waals surface area contributed by atoms with Gasteiger partial charge in [-0.15, -0.1) is 0 Å². The average molecular weight is 362 g/mol. The monoisotopic (exact) mass is 362 g/mol. The van der Waals surface area contributed by atoms with Gasteiger partial charge >= 0.3 is 0 Å². The molecular formula is C19H18N6O2. The summed E-state index contributed by atoms with van der Waals surface area (Å²) in [6.45, 7) is 2.18. The normalized spacial score (nSPS) is 15.8. The zero-order chi connectivity index (χ0) is 18.8. The van der Waals surface area contributed by atoms with Crippen molar-refractivity contribution in [2.45, 2.75) is 19.6 Å². The number of hydrogen-bond donors (Lipinski definition) is 2. The van der Waals surface area contributed by atoms with E-state index in [4.69, 9.17) is 10.5 Å². The van der Waals surface area contributed by atoms with Crippen LogP contribution in [0.4, 0.5) is 5.95 Å². The highest BCUT2D eigenvalue weighted by atomic mass is 16.5. The van der Waals surface area contributed by atoms with Gasteiger partial charge in [0.15, 0.2) is 0 Å². The van der Waals surface area contributed by atoms with Gasteiger partial charge in [-0.3, -0.25) is 4.79 Å². The number of allylic oxidation sites excluding steroid dienone is 1. The fraction of sp³-hybridized carbons (Fsp3) is 0.158. The third-order valence-electron chi connectivity index (χ3n) is 4.43. The summed E-state index contributed by atoms with van der Waals surface area (Å²) in [5.41, 5.74) is 8.48. The smallest absolute Gasteiger partial charge is 0.248 e. The van der Waals surface area contributed by atoms with Crippen molar-refractivity contribution < 1.29 is 9.53 Å². The second-order valence-electron chi connectivity index (χ2n) is 6.19. The summed E-state index contributed by atoms with van der Waals surface area (Å²) in [6.07, 6.45) is 0. The zero-order valence-corrected chi connectivity index (χ0v) is 14.7. The Balaban J connectivity index is 1.75. The lowest BCUT2D eigenvalue weighted by Gasteiger charge is -2.28. The number of tetrazole rings is 1. The lowest BCUT2D eigenvalue weighted by atomic mass is 9.94. The van der Waals surface area contributed by atoms with E-state index in [9.17, 15) is 4.79 Å². The highest BCUT2D eigenvalue weighted by molar-refractivity contribution is 5.95. The number of anilines is 1. The third kappa shape index (κ3) is 3.12. The lowest BCUT2D eigenvalue weighted by molar-refractivity contribution is -0.115. The molecule has 1 atom stereocenters. The molecule has 0 spiro atoms. The number of amides is 1. The minimum atomic E-state index is -0.569. The van der Waals surface area contributed by atoms with Crippen LogP contribution in [-0.4, -0.2) is 26.1 Å². The van der Waals surface area contributed by atoms with Crippen molar-refractivity contribution in [2.75, 3.05) is 5.32 Å². The average Bonchev–Trinajstić information content (AvgIpc) is 3.14. The number of hydrogen-bond acceptors (Lipinski definition) is 6. The molecular weight excluding hydrogens is 344 g/mol. The molecule has 0 radical (unpaired) electrons. The van der Waals surface area contributed by atoms with E-state index >= 15 is 0 Å². The Morgan fingerprint density at radius 1 is 1.19 bits per heavy atom. The minimum Gasteiger partial charge on any atom is -0.489 e. The Morgan fingerprint density at radius 2 is 1.93 bits per heavy atom. The number of aromatic nitrogens is 4. The van der Waals surface area contributed by atoms with Crippen LogP contribution in [0.2, 0.25) is 0 Å². The molecule has 1 amide bonds. The Labute approximate surface area is 155 Å². The fourth-order valence-electron chi connectivity index (χ4n) is 3.19. The van der Waals surface area contributed by atoms with Crippen LogP contribution in [0, 0.1) is 0 Å². The van der Waals surface area contributed by atoms with Gasteiger partial charge in [0.25, 0.3) is 0 Å². The second-order valence-corrected chi connectivity index (χ2v) is 6.19. The topological polar surface area (TPSA) is 108 Å². The molecule has 0 saturated carbocycles. The van der Waals surface area contributed by atoms with E-state index in [1.165, 1.54) is 4.68 Å². The molecule has 0 aliphatic carbocycles. The van der Waals surface area contributed by atoms with E-state index in [1.807, 2.05) is 54.6 Å². The van der Waals surface area contributed by atoms with Crippen LogP contribution in [0.15, 0.2) is 65.9 Å². The summed E-state index contributed by atoms with van der Waals surface area (Å²) in [7, 11) is 0. The van der Waals surface area contributed by atoms with Gasteiger partial charge in [0.05, 0.1) is 5.57 Å². The predicted molar refractivity (Wildman–Crippen MR) is 98.7 cm³/mol. The molecule has 1 aromatic heterocycles. The van der Waals surface area contributed by atoms with Crippen LogP contribution in [-0.2, 0) is 11.4 Å². The van der Waals surface area contributed by atoms with Crippen LogP contribution < -0.4 is 15.8 Å². The molecule has 2 heterocycles. The molecule has 8 nitrogen and oxygen atoms in total. The molecule has 2 aromatic carbocycles. The summed E-state index contributed by atoms with van der Waals surface area (Å²) in [5.74, 6) is 0.547. The van der Waals surface area contributed by atoms with E-state index in [-0.39, 0.29) is 0 Å². The van der Waals surface area contributed by atoms with Gasteiger partial charge in [-0.25, -0.2) is 0 Å². The first-order valence-corrected chi connectivity index (χ1v) is 8.46. The van der Waals surface area contributed by atoms with Crippen LogP contribution in [0.1, 0.15) is 24.1 Å². The van der Waals surface area contributed by atoms with E-state index in [0.29, 0.717) is 29.6 Å². The molecule has 1 aliphatic heterocycles. The molecule has 0 unspecified atom stereocenters. The molecule has 0 saturated heterocycles. The summed E-state index contributed by atoms with van der Waals surface area (Å²) in [5, 5.41) is 14.7. The molecule has 27 heavy (non-hydrogen) atoms. The first-order chi connectivity index (χ1) is 13.1. The van der Waals surface area contributed by atoms with E-state index < -0.39 is 11.9 Å². The Kier molecular flexibility index (Phi) is 4.29. The number of para-hydroxylation sites is 1. The highest BCUT2D eigenvalue weighted by Gasteiger charge is 2.34. The molecule has 1 aliphatic rings. The van der Waals surface area contributed by atoms with E-state index in [0.717, 1.165) is 11.1 Å². The van der Waals surface area contributed by atoms with Crippen LogP contribution in [0.25, 0.3) is 0 Å². The minimum absolute atomic E-state index is 0.394. The quantitative estimate of drug-likeness (QED) is 0.719. The third-order valence-corrected chi connectivity index (χ3v) is 4.43. The largest absolute Gasteiger partial charge is 0.489 e. The molecule has 0 bridgehead atoms. The van der Waals surface area contributed by atoms with Crippen molar-refractivity contribution in [3.8, 4) is 5.75 Å². The Bertz CT molecular complexity index is 1010. The summed E-state index contributed by atoms with van der Waals surface area (Å²) in [6, 6.07) is 16.8. The van der Waals surface area contributed by atoms with Gasteiger partial charge in [0.1, 0.15) is 18.4 Å². The van der Waals surface area contributed by atoms with Gasteiger partial charge in [-0.1, -0.05) is 53.6 Å². The highest BCUT2D eigenvalue weighted by Crippen LogP contribution is 2.38. The molecule has 4 rings (SSSR count). The predicted octanol–water partition coefficient (Wildman–Crippen LogP) is 2.03. The first kappa shape index (κ1) is 16.8. The fourth-order valence-corrected chi connectivity index (χ4v) is 3.19. The number of nitrogens with zero attached hydrogens (tertiary/aromatic N) is 4. The van der Waals surface area contributed by atoms with Crippen molar-refractivity contribution in [2.24, 2.45) is 5.73 Å². The maximum Gasteiger partial charge on any atom is 0.248 e. The van der Waals surface area contributed by atoms with Crippen LogP contribution in [0.5, 0.6) is 5.75 Å². The lowest BCUT2D eigenvalue weighted by Crippen LogP contribution is -2.32. The number of nitrogens with one attached hydrogen (secondary N) is 1. The van der Waals surface area contributed by atoms with Crippen molar-refractivity contribution in [3.63, 3.8) is 0 Å². The molecule has 8 heteroatoms. The van der Waals surface area contributed by atoms with Gasteiger partial charge in [0, 0.05) is 11.3 Å². The number of ether oxygens (including phenoxy) is 1. The summed E-state index contributed by atoms with van der Waals surface area (Å²) >= 11 is 0. The summed E-state index contributed by atoms with van der Waals surface area (Å²) in [4.78, 5) is 12.2. The maximum atomic E-state index is 12.2. The standard InChI is InChI=1S/C19H18N6O2/c1-12-16(18(20)26)17(25-19(21-12)22-23-24-25)14-9-5-6-10-15(14)27-11-13-7-3-2-4-8-13/h2-10,17H,11H2,1H3,(H2,20,26)(H,21,22,24)/t17-/m0/s1. The van der Waals surface area contributed by atoms with Crippen molar-refractivity contribution in [3.05, 3.63) is 77.0 Å². The second kappa shape index (κ2) is 6.91. The van der Waals surface area contributed by atoms with Crippen molar-refractivity contribution >= 4 is 11.9 Å². The number of nitrogens with two attached hydrogens (primary N) is 1. The Hall–Kier alpha value is -3.68. The van der Waals surface area contributed by atoms with Crippen molar-refractivity contribution in [1.82, 2.24) is 20.2 Å². The molecule has 136 valence electrons. The summed E-state index contributed by atoms with van der Waals surface area (Å²) < 4.78 is 7.59. The zero-order valence-electron chi connectivity index (χ0n) is 14.7. The maximum absolute atomic E-state index is 12.2. The molecule has 0 fully saturated rings. The van der Waals surface area contributed by atoms with E-state index in [2.05, 4.69) is 20.8 Å².